The molecule has 0 aliphatic heterocycles. The molecule has 1 aromatic heterocycles. The van der Waals surface area contributed by atoms with Crippen molar-refractivity contribution in [2.24, 2.45) is 0 Å². The Morgan fingerprint density at radius 1 is 1.14 bits per heavy atom. The summed E-state index contributed by atoms with van der Waals surface area (Å²) in [6, 6.07) is 9.02. The van der Waals surface area contributed by atoms with Crippen molar-refractivity contribution in [2.45, 2.75) is 19.9 Å². The maximum Gasteiger partial charge on any atom is 0.359 e. The van der Waals surface area contributed by atoms with E-state index in [-0.39, 0.29) is 16.9 Å². The van der Waals surface area contributed by atoms with E-state index in [1.807, 2.05) is 6.92 Å². The van der Waals surface area contributed by atoms with Crippen molar-refractivity contribution in [1.29, 1.82) is 0 Å². The minimum atomic E-state index is -0.916. The van der Waals surface area contributed by atoms with Crippen LogP contribution in [0.2, 0.25) is 0 Å². The van der Waals surface area contributed by atoms with Gasteiger partial charge in [0.1, 0.15) is 11.6 Å². The van der Waals surface area contributed by atoms with Gasteiger partial charge in [-0.3, -0.25) is 9.59 Å². The lowest BCUT2D eigenvalue weighted by Crippen LogP contribution is -2.27. The molecule has 0 fully saturated rings. The molecule has 2 aromatic carbocycles. The van der Waals surface area contributed by atoms with Gasteiger partial charge in [-0.1, -0.05) is 25.1 Å². The number of halogens is 2. The molecule has 9 heteroatoms. The number of aromatic nitrogens is 2. The fourth-order valence-corrected chi connectivity index (χ4v) is 2.73. The molecule has 0 atom stereocenters. The molecule has 1 amide bonds. The number of nitrogens with one attached hydrogen (secondary N) is 1. The highest BCUT2D eigenvalue weighted by molar-refractivity contribution is 6.03. The summed E-state index contributed by atoms with van der Waals surface area (Å²) < 4.78 is 32.9. The van der Waals surface area contributed by atoms with Gasteiger partial charge in [0.15, 0.2) is 12.3 Å². The molecule has 0 saturated carbocycles. The smallest absolute Gasteiger partial charge is 0.359 e. The second-order valence-corrected chi connectivity index (χ2v) is 6.17. The van der Waals surface area contributed by atoms with E-state index in [0.717, 1.165) is 18.2 Å². The third-order valence-electron chi connectivity index (χ3n) is 4.03. The van der Waals surface area contributed by atoms with Gasteiger partial charge in [0, 0.05) is 18.0 Å². The number of benzene rings is 2. The van der Waals surface area contributed by atoms with E-state index in [2.05, 4.69) is 10.4 Å². The number of amides is 1. The van der Waals surface area contributed by atoms with E-state index >= 15 is 0 Å². The second-order valence-electron chi connectivity index (χ2n) is 6.17. The van der Waals surface area contributed by atoms with Crippen LogP contribution in [0.25, 0.3) is 10.8 Å². The van der Waals surface area contributed by atoms with Crippen LogP contribution >= 0.6 is 0 Å². The summed E-state index contributed by atoms with van der Waals surface area (Å²) in [6.45, 7) is 1.43. The van der Waals surface area contributed by atoms with Crippen molar-refractivity contribution in [3.05, 3.63) is 70.1 Å². The van der Waals surface area contributed by atoms with Crippen LogP contribution in [0.5, 0.6) is 0 Å². The van der Waals surface area contributed by atoms with Crippen molar-refractivity contribution >= 4 is 28.3 Å². The molecule has 7 nitrogen and oxygen atoms in total. The van der Waals surface area contributed by atoms with Gasteiger partial charge in [-0.05, 0) is 24.6 Å². The molecule has 0 saturated heterocycles. The third kappa shape index (κ3) is 4.45. The quantitative estimate of drug-likeness (QED) is 0.642. The van der Waals surface area contributed by atoms with Crippen LogP contribution in [0.15, 0.2) is 47.3 Å². The van der Waals surface area contributed by atoms with Gasteiger partial charge in [-0.2, -0.15) is 5.10 Å². The number of aryl methyl sites for hydroxylation is 1. The molecule has 1 N–H and O–H groups in total. The summed E-state index contributed by atoms with van der Waals surface area (Å²) in [7, 11) is 0. The van der Waals surface area contributed by atoms with E-state index in [4.69, 9.17) is 4.74 Å². The largest absolute Gasteiger partial charge is 0.451 e. The fraction of sp³-hybridized carbons (Fsp3) is 0.200. The zero-order valence-corrected chi connectivity index (χ0v) is 15.4. The zero-order valence-electron chi connectivity index (χ0n) is 15.4. The molecule has 0 aliphatic carbocycles. The van der Waals surface area contributed by atoms with E-state index in [1.54, 1.807) is 24.3 Å². The average molecular weight is 401 g/mol. The predicted molar refractivity (Wildman–Crippen MR) is 102 cm³/mol. The van der Waals surface area contributed by atoms with E-state index in [9.17, 15) is 23.2 Å². The van der Waals surface area contributed by atoms with E-state index in [1.165, 1.54) is 4.68 Å². The number of hydrogen-bond acceptors (Lipinski definition) is 5. The van der Waals surface area contributed by atoms with Gasteiger partial charge in [0.25, 0.3) is 11.5 Å². The van der Waals surface area contributed by atoms with Crippen LogP contribution in [0.1, 0.15) is 23.8 Å². The first kappa shape index (κ1) is 20.1. The summed E-state index contributed by atoms with van der Waals surface area (Å²) >= 11 is 0. The fourth-order valence-electron chi connectivity index (χ4n) is 2.73. The van der Waals surface area contributed by atoms with Crippen LogP contribution in [0, 0.1) is 11.6 Å². The standard InChI is InChI=1S/C20H17F2N3O4/c1-2-9-25-19(27)14-6-4-3-5-13(14)18(24-25)20(28)29-11-17(26)23-16-10-12(21)7-8-15(16)22/h3-8,10H,2,9,11H2,1H3,(H,23,26). The van der Waals surface area contributed by atoms with Crippen molar-refractivity contribution in [3.8, 4) is 0 Å². The number of anilines is 1. The van der Waals surface area contributed by atoms with Crippen LogP contribution in [-0.2, 0) is 16.1 Å². The Morgan fingerprint density at radius 2 is 1.86 bits per heavy atom. The maximum absolute atomic E-state index is 13.6. The van der Waals surface area contributed by atoms with E-state index in [0.29, 0.717) is 23.7 Å². The predicted octanol–water partition coefficient (Wildman–Crippen LogP) is 2.88. The van der Waals surface area contributed by atoms with Gasteiger partial charge in [0.2, 0.25) is 0 Å². The SMILES string of the molecule is CCCn1nc(C(=O)OCC(=O)Nc2cc(F)ccc2F)c2ccccc2c1=O. The molecule has 0 unspecified atom stereocenters. The lowest BCUT2D eigenvalue weighted by molar-refractivity contribution is -0.119. The third-order valence-corrected chi connectivity index (χ3v) is 4.03. The number of esters is 1. The Bertz CT molecular complexity index is 1140. The lowest BCUT2D eigenvalue weighted by Gasteiger charge is -2.11. The Hall–Kier alpha value is -3.62. The average Bonchev–Trinajstić information content (AvgIpc) is 2.71. The van der Waals surface area contributed by atoms with Crippen LogP contribution in [0.3, 0.4) is 0 Å². The summed E-state index contributed by atoms with van der Waals surface area (Å²) in [5, 5.41) is 6.79. The Kier molecular flexibility index (Phi) is 5.96. The first-order valence-electron chi connectivity index (χ1n) is 8.82. The van der Waals surface area contributed by atoms with Gasteiger partial charge in [-0.25, -0.2) is 18.3 Å². The van der Waals surface area contributed by atoms with Crippen molar-refractivity contribution in [1.82, 2.24) is 9.78 Å². The number of hydrogen-bond donors (Lipinski definition) is 1. The van der Waals surface area contributed by atoms with Crippen LogP contribution in [0.4, 0.5) is 14.5 Å². The zero-order chi connectivity index (χ0) is 21.0. The summed E-state index contributed by atoms with van der Waals surface area (Å²) in [5.74, 6) is -3.33. The molecule has 29 heavy (non-hydrogen) atoms. The van der Waals surface area contributed by atoms with Gasteiger partial charge in [0.05, 0.1) is 11.1 Å². The highest BCUT2D eigenvalue weighted by atomic mass is 19.1. The number of fused-ring (bicyclic) bond motifs is 1. The molecule has 0 radical (unpaired) electrons. The maximum atomic E-state index is 13.6. The molecule has 0 spiro atoms. The van der Waals surface area contributed by atoms with Crippen molar-refractivity contribution in [2.75, 3.05) is 11.9 Å². The molecular formula is C20H17F2N3O4. The highest BCUT2D eigenvalue weighted by Gasteiger charge is 2.19. The van der Waals surface area contributed by atoms with Crippen molar-refractivity contribution < 1.29 is 23.1 Å². The first-order valence-corrected chi connectivity index (χ1v) is 8.82. The molecule has 150 valence electrons. The van der Waals surface area contributed by atoms with Gasteiger partial charge < -0.3 is 10.1 Å². The molecule has 1 heterocycles. The van der Waals surface area contributed by atoms with Crippen molar-refractivity contribution in [3.63, 3.8) is 0 Å². The Morgan fingerprint density at radius 3 is 2.59 bits per heavy atom. The summed E-state index contributed by atoms with van der Waals surface area (Å²) in [5.41, 5.74) is -0.817. The molecule has 0 bridgehead atoms. The van der Waals surface area contributed by atoms with Gasteiger partial charge >= 0.3 is 5.97 Å². The summed E-state index contributed by atoms with van der Waals surface area (Å²) in [6.07, 6.45) is 0.626. The van der Waals surface area contributed by atoms with Gasteiger partial charge in [-0.15, -0.1) is 0 Å². The topological polar surface area (TPSA) is 90.3 Å². The number of rotatable bonds is 6. The lowest BCUT2D eigenvalue weighted by atomic mass is 10.1. The second kappa shape index (κ2) is 8.59. The van der Waals surface area contributed by atoms with E-state index < -0.39 is 30.1 Å². The minimum Gasteiger partial charge on any atom is -0.451 e. The van der Waals surface area contributed by atoms with Crippen LogP contribution < -0.4 is 10.9 Å². The normalized spacial score (nSPS) is 10.7. The summed E-state index contributed by atoms with van der Waals surface area (Å²) in [4.78, 5) is 36.9. The molecular weight excluding hydrogens is 384 g/mol. The number of carbonyl (C=O) groups is 2. The Labute approximate surface area is 163 Å². The first-order chi connectivity index (χ1) is 13.9. The molecule has 3 rings (SSSR count). The molecule has 0 aliphatic rings. The number of nitrogens with zero attached hydrogens (tertiary/aromatic N) is 2. The van der Waals surface area contributed by atoms with Crippen LogP contribution in [-0.4, -0.2) is 28.3 Å². The molecule has 3 aromatic rings. The number of ether oxygens (including phenoxy) is 1. The Balaban J connectivity index is 1.79. The number of carbonyl (C=O) groups excluding carboxylic acids is 2. The highest BCUT2D eigenvalue weighted by Crippen LogP contribution is 2.16. The monoisotopic (exact) mass is 401 g/mol. The minimum absolute atomic E-state index is 0.113.